The number of aromatic nitrogens is 1. The third-order valence-corrected chi connectivity index (χ3v) is 3.27. The van der Waals surface area contributed by atoms with Crippen LogP contribution in [-0.2, 0) is 9.47 Å². The molecular weight excluding hydrogens is 318 g/mol. The SMILES string of the molecule is COCCOc1cc2[nH]cc(C(=O)O)c(=O)c2cc1OCCOC. The van der Waals surface area contributed by atoms with Crippen LogP contribution >= 0.6 is 0 Å². The Kier molecular flexibility index (Phi) is 6.16. The second-order valence-corrected chi connectivity index (χ2v) is 4.86. The lowest BCUT2D eigenvalue weighted by molar-refractivity contribution is 0.0695. The molecule has 0 spiro atoms. The fourth-order valence-electron chi connectivity index (χ4n) is 2.08. The highest BCUT2D eigenvalue weighted by Gasteiger charge is 2.15. The van der Waals surface area contributed by atoms with E-state index in [4.69, 9.17) is 24.1 Å². The monoisotopic (exact) mass is 337 g/mol. The lowest BCUT2D eigenvalue weighted by Crippen LogP contribution is -2.16. The van der Waals surface area contributed by atoms with Crippen LogP contribution < -0.4 is 14.9 Å². The van der Waals surface area contributed by atoms with Crippen molar-refractivity contribution < 1.29 is 28.8 Å². The maximum absolute atomic E-state index is 12.3. The average Bonchev–Trinajstić information content (AvgIpc) is 2.56. The van der Waals surface area contributed by atoms with Crippen LogP contribution in [0.5, 0.6) is 11.5 Å². The molecule has 0 unspecified atom stereocenters. The standard InChI is InChI=1S/C16H19NO7/c1-21-3-5-23-13-7-10-12(8-14(13)24-6-4-22-2)17-9-11(15(10)18)16(19)20/h7-9H,3-6H2,1-2H3,(H,17,18)(H,19,20). The number of carbonyl (C=O) groups is 1. The minimum absolute atomic E-state index is 0.210. The quantitative estimate of drug-likeness (QED) is 0.664. The molecular formula is C16H19NO7. The minimum Gasteiger partial charge on any atom is -0.487 e. The van der Waals surface area contributed by atoms with Crippen LogP contribution in [0, 0.1) is 0 Å². The molecule has 24 heavy (non-hydrogen) atoms. The number of rotatable bonds is 9. The number of hydrogen-bond acceptors (Lipinski definition) is 6. The third kappa shape index (κ3) is 4.03. The maximum atomic E-state index is 12.3. The maximum Gasteiger partial charge on any atom is 0.341 e. The van der Waals surface area contributed by atoms with Gasteiger partial charge in [-0.2, -0.15) is 0 Å². The molecule has 2 rings (SSSR count). The van der Waals surface area contributed by atoms with Gasteiger partial charge >= 0.3 is 5.97 Å². The lowest BCUT2D eigenvalue weighted by atomic mass is 10.1. The Hall–Kier alpha value is -2.58. The molecule has 0 aliphatic carbocycles. The van der Waals surface area contributed by atoms with E-state index < -0.39 is 11.4 Å². The van der Waals surface area contributed by atoms with E-state index >= 15 is 0 Å². The normalized spacial score (nSPS) is 10.8. The zero-order valence-corrected chi connectivity index (χ0v) is 13.5. The van der Waals surface area contributed by atoms with Gasteiger partial charge in [0.05, 0.1) is 24.1 Å². The highest BCUT2D eigenvalue weighted by atomic mass is 16.5. The van der Waals surface area contributed by atoms with Crippen LogP contribution in [0.1, 0.15) is 10.4 Å². The van der Waals surface area contributed by atoms with E-state index in [2.05, 4.69) is 4.98 Å². The van der Waals surface area contributed by atoms with Gasteiger partial charge in [0.1, 0.15) is 18.8 Å². The molecule has 8 nitrogen and oxygen atoms in total. The van der Waals surface area contributed by atoms with Crippen molar-refractivity contribution in [2.75, 3.05) is 40.6 Å². The number of pyridine rings is 1. The molecule has 0 atom stereocenters. The van der Waals surface area contributed by atoms with Crippen LogP contribution in [0.25, 0.3) is 10.9 Å². The number of aromatic carboxylic acids is 1. The molecule has 0 aliphatic heterocycles. The number of aromatic amines is 1. The summed E-state index contributed by atoms with van der Waals surface area (Å²) in [5, 5.41) is 9.27. The van der Waals surface area contributed by atoms with Gasteiger partial charge in [0.15, 0.2) is 11.5 Å². The summed E-state index contributed by atoms with van der Waals surface area (Å²) in [6.07, 6.45) is 1.16. The third-order valence-electron chi connectivity index (χ3n) is 3.27. The number of carboxylic acid groups (broad SMARTS) is 1. The summed E-state index contributed by atoms with van der Waals surface area (Å²) in [7, 11) is 3.11. The van der Waals surface area contributed by atoms with Gasteiger partial charge in [-0.05, 0) is 6.07 Å². The predicted octanol–water partition coefficient (Wildman–Crippen LogP) is 1.28. The highest BCUT2D eigenvalue weighted by molar-refractivity contribution is 5.93. The molecule has 1 heterocycles. The summed E-state index contributed by atoms with van der Waals surface area (Å²) in [6, 6.07) is 3.07. The van der Waals surface area contributed by atoms with Gasteiger partial charge in [-0.25, -0.2) is 4.79 Å². The van der Waals surface area contributed by atoms with E-state index in [9.17, 15) is 9.59 Å². The van der Waals surface area contributed by atoms with Gasteiger partial charge in [-0.15, -0.1) is 0 Å². The van der Waals surface area contributed by atoms with E-state index in [0.717, 1.165) is 6.20 Å². The number of H-pyrrole nitrogens is 1. The number of fused-ring (bicyclic) bond motifs is 1. The molecule has 2 N–H and O–H groups in total. The Morgan fingerprint density at radius 1 is 1.04 bits per heavy atom. The second kappa shape index (κ2) is 8.32. The van der Waals surface area contributed by atoms with Crippen molar-refractivity contribution >= 4 is 16.9 Å². The predicted molar refractivity (Wildman–Crippen MR) is 86.3 cm³/mol. The summed E-state index contributed by atoms with van der Waals surface area (Å²) in [5.74, 6) is -0.529. The van der Waals surface area contributed by atoms with Gasteiger partial charge < -0.3 is 29.0 Å². The van der Waals surface area contributed by atoms with Crippen molar-refractivity contribution in [3.8, 4) is 11.5 Å². The molecule has 8 heteroatoms. The number of nitrogens with one attached hydrogen (secondary N) is 1. The topological polar surface area (TPSA) is 107 Å². The van der Waals surface area contributed by atoms with Gasteiger partial charge in [0.2, 0.25) is 5.43 Å². The number of benzene rings is 1. The highest BCUT2D eigenvalue weighted by Crippen LogP contribution is 2.31. The lowest BCUT2D eigenvalue weighted by Gasteiger charge is -2.14. The van der Waals surface area contributed by atoms with Crippen molar-refractivity contribution in [2.45, 2.75) is 0 Å². The van der Waals surface area contributed by atoms with Gasteiger partial charge in [-0.3, -0.25) is 4.79 Å². The first-order valence-corrected chi connectivity index (χ1v) is 7.24. The molecule has 0 aliphatic rings. The summed E-state index contributed by atoms with van der Waals surface area (Å²) in [4.78, 5) is 26.2. The number of methoxy groups -OCH3 is 2. The molecule has 0 bridgehead atoms. The molecule has 0 fully saturated rings. The average molecular weight is 337 g/mol. The van der Waals surface area contributed by atoms with E-state index in [0.29, 0.717) is 36.8 Å². The Morgan fingerprint density at radius 3 is 2.17 bits per heavy atom. The molecule has 1 aromatic heterocycles. The van der Waals surface area contributed by atoms with E-state index in [-0.39, 0.29) is 17.6 Å². The van der Waals surface area contributed by atoms with Gasteiger partial charge in [-0.1, -0.05) is 0 Å². The van der Waals surface area contributed by atoms with Crippen LogP contribution in [0.3, 0.4) is 0 Å². The molecule has 130 valence electrons. The molecule has 2 aromatic rings. The molecule has 0 saturated carbocycles. The summed E-state index contributed by atoms with van der Waals surface area (Å²) < 4.78 is 21.1. The van der Waals surface area contributed by atoms with Crippen molar-refractivity contribution in [3.05, 3.63) is 34.1 Å². The Morgan fingerprint density at radius 2 is 1.62 bits per heavy atom. The van der Waals surface area contributed by atoms with Crippen LogP contribution in [0.2, 0.25) is 0 Å². The summed E-state index contributed by atoms with van der Waals surface area (Å²) >= 11 is 0. The Bertz CT molecular complexity index is 769. The molecule has 1 aromatic carbocycles. The fourth-order valence-corrected chi connectivity index (χ4v) is 2.08. The Balaban J connectivity index is 2.45. The van der Waals surface area contributed by atoms with Crippen molar-refractivity contribution in [3.63, 3.8) is 0 Å². The Labute approximate surface area is 137 Å². The van der Waals surface area contributed by atoms with Crippen molar-refractivity contribution in [1.82, 2.24) is 4.98 Å². The second-order valence-electron chi connectivity index (χ2n) is 4.86. The van der Waals surface area contributed by atoms with Crippen molar-refractivity contribution in [1.29, 1.82) is 0 Å². The summed E-state index contributed by atoms with van der Waals surface area (Å²) in [6.45, 7) is 1.32. The van der Waals surface area contributed by atoms with Crippen LogP contribution in [-0.4, -0.2) is 56.7 Å². The number of hydrogen-bond donors (Lipinski definition) is 2. The summed E-state index contributed by atoms with van der Waals surface area (Å²) in [5.41, 5.74) is -0.466. The van der Waals surface area contributed by atoms with Gasteiger partial charge in [0, 0.05) is 26.5 Å². The van der Waals surface area contributed by atoms with Gasteiger partial charge in [0.25, 0.3) is 0 Å². The zero-order chi connectivity index (χ0) is 17.5. The first-order chi connectivity index (χ1) is 11.6. The fraction of sp³-hybridized carbons (Fsp3) is 0.375. The van der Waals surface area contributed by atoms with Crippen LogP contribution in [0.4, 0.5) is 0 Å². The first-order valence-electron chi connectivity index (χ1n) is 7.24. The smallest absolute Gasteiger partial charge is 0.341 e. The molecule has 0 amide bonds. The number of carboxylic acids is 1. The minimum atomic E-state index is -1.29. The van der Waals surface area contributed by atoms with Crippen LogP contribution in [0.15, 0.2) is 23.1 Å². The van der Waals surface area contributed by atoms with Crippen molar-refractivity contribution in [2.24, 2.45) is 0 Å². The number of ether oxygens (including phenoxy) is 4. The molecule has 0 saturated heterocycles. The van der Waals surface area contributed by atoms with E-state index in [1.807, 2.05) is 0 Å². The zero-order valence-electron chi connectivity index (χ0n) is 13.5. The van der Waals surface area contributed by atoms with E-state index in [1.165, 1.54) is 6.07 Å². The molecule has 0 radical (unpaired) electrons. The first kappa shape index (κ1) is 17.8. The van der Waals surface area contributed by atoms with E-state index in [1.54, 1.807) is 20.3 Å². The largest absolute Gasteiger partial charge is 0.487 e.